The average molecular weight is 279 g/mol. The van der Waals surface area contributed by atoms with E-state index in [2.05, 4.69) is 25.8 Å². The van der Waals surface area contributed by atoms with E-state index >= 15 is 0 Å². The number of carbonyl (C=O) groups excluding carboxylic acids is 2. The van der Waals surface area contributed by atoms with Crippen LogP contribution in [-0.4, -0.2) is 43.7 Å². The Labute approximate surface area is 113 Å². The van der Waals surface area contributed by atoms with Crippen LogP contribution >= 0.6 is 0 Å². The number of carbonyl (C=O) groups is 2. The number of aromatic nitrogens is 5. The lowest BCUT2D eigenvalue weighted by atomic mass is 10.3. The number of aryl methyl sites for hydroxylation is 1. The van der Waals surface area contributed by atoms with Crippen molar-refractivity contribution in [2.45, 2.75) is 6.92 Å². The summed E-state index contributed by atoms with van der Waals surface area (Å²) < 4.78 is 6.21. The number of amides is 1. The summed E-state index contributed by atoms with van der Waals surface area (Å²) in [5.74, 6) is -1.03. The Bertz CT molecular complexity index is 645. The highest BCUT2D eigenvalue weighted by molar-refractivity contribution is 6.08. The molecule has 10 nitrogen and oxygen atoms in total. The summed E-state index contributed by atoms with van der Waals surface area (Å²) in [4.78, 5) is 23.7. The minimum absolute atomic E-state index is 0.0395. The van der Waals surface area contributed by atoms with Crippen molar-refractivity contribution in [3.63, 3.8) is 0 Å². The van der Waals surface area contributed by atoms with E-state index in [1.807, 2.05) is 0 Å². The normalized spacial score (nSPS) is 10.3. The molecule has 0 radical (unpaired) electrons. The largest absolute Gasteiger partial charge is 0.462 e. The Balaban J connectivity index is 2.25. The Hall–Kier alpha value is -2.91. The third kappa shape index (κ3) is 2.43. The van der Waals surface area contributed by atoms with Crippen molar-refractivity contribution in [3.05, 3.63) is 17.5 Å². The molecule has 0 bridgehead atoms. The maximum absolute atomic E-state index is 12.0. The topological polar surface area (TPSA) is 141 Å². The molecule has 0 aliphatic carbocycles. The van der Waals surface area contributed by atoms with Gasteiger partial charge in [0, 0.05) is 7.05 Å². The van der Waals surface area contributed by atoms with E-state index in [9.17, 15) is 9.59 Å². The monoisotopic (exact) mass is 279 g/mol. The molecule has 2 rings (SSSR count). The molecule has 0 aliphatic rings. The lowest BCUT2D eigenvalue weighted by Crippen LogP contribution is -2.19. The number of esters is 1. The van der Waals surface area contributed by atoms with Crippen LogP contribution in [0.4, 0.5) is 11.6 Å². The zero-order valence-corrected chi connectivity index (χ0v) is 10.9. The summed E-state index contributed by atoms with van der Waals surface area (Å²) in [5, 5.41) is 15.8. The van der Waals surface area contributed by atoms with Gasteiger partial charge in [-0.25, -0.2) is 4.79 Å². The minimum atomic E-state index is -0.606. The molecule has 0 atom stereocenters. The van der Waals surface area contributed by atoms with Gasteiger partial charge in [-0.1, -0.05) is 0 Å². The average Bonchev–Trinajstić information content (AvgIpc) is 2.97. The Morgan fingerprint density at radius 3 is 2.85 bits per heavy atom. The standard InChI is InChI=1S/C10H13N7O3/c1-3-20-10(19)5-4-12-17(2)8(5)13-9(18)6-7(11)15-16-14-6/h4H,3H2,1-2H3,(H,13,18)(H3,11,14,15,16). The van der Waals surface area contributed by atoms with Gasteiger partial charge in [-0.2, -0.15) is 10.3 Å². The van der Waals surface area contributed by atoms with Crippen LogP contribution in [0.15, 0.2) is 6.20 Å². The van der Waals surface area contributed by atoms with Crippen LogP contribution in [0, 0.1) is 0 Å². The first-order valence-corrected chi connectivity index (χ1v) is 5.71. The van der Waals surface area contributed by atoms with Crippen molar-refractivity contribution in [1.82, 2.24) is 25.2 Å². The molecule has 0 unspecified atom stereocenters. The molecular formula is C10H13N7O3. The van der Waals surface area contributed by atoms with Crippen molar-refractivity contribution in [3.8, 4) is 0 Å². The van der Waals surface area contributed by atoms with Crippen LogP contribution in [0.25, 0.3) is 0 Å². The zero-order chi connectivity index (χ0) is 14.7. The van der Waals surface area contributed by atoms with Gasteiger partial charge in [0.15, 0.2) is 11.5 Å². The molecule has 1 amide bonds. The summed E-state index contributed by atoms with van der Waals surface area (Å²) in [5.41, 5.74) is 5.55. The summed E-state index contributed by atoms with van der Waals surface area (Å²) in [6, 6.07) is 0. The van der Waals surface area contributed by atoms with Crippen molar-refractivity contribution in [1.29, 1.82) is 0 Å². The summed E-state index contributed by atoms with van der Waals surface area (Å²) >= 11 is 0. The van der Waals surface area contributed by atoms with Gasteiger partial charge >= 0.3 is 5.97 Å². The highest BCUT2D eigenvalue weighted by Crippen LogP contribution is 2.17. The van der Waals surface area contributed by atoms with E-state index in [-0.39, 0.29) is 29.5 Å². The number of nitrogens with two attached hydrogens (primary N) is 1. The van der Waals surface area contributed by atoms with Crippen LogP contribution in [0.3, 0.4) is 0 Å². The van der Waals surface area contributed by atoms with Gasteiger partial charge in [0.25, 0.3) is 5.91 Å². The van der Waals surface area contributed by atoms with Crippen molar-refractivity contribution >= 4 is 23.5 Å². The Kier molecular flexibility index (Phi) is 3.64. The number of hydrogen-bond donors (Lipinski definition) is 3. The predicted molar refractivity (Wildman–Crippen MR) is 67.9 cm³/mol. The maximum Gasteiger partial charge on any atom is 0.343 e. The molecule has 0 saturated carbocycles. The molecular weight excluding hydrogens is 266 g/mol. The molecule has 0 fully saturated rings. The fourth-order valence-corrected chi connectivity index (χ4v) is 1.52. The fraction of sp³-hybridized carbons (Fsp3) is 0.300. The number of nitrogen functional groups attached to an aromatic ring is 1. The number of anilines is 2. The first-order chi connectivity index (χ1) is 9.54. The number of ether oxygens (including phenoxy) is 1. The van der Waals surface area contributed by atoms with E-state index in [0.29, 0.717) is 0 Å². The highest BCUT2D eigenvalue weighted by atomic mass is 16.5. The third-order valence-electron chi connectivity index (χ3n) is 2.46. The number of hydrogen-bond acceptors (Lipinski definition) is 7. The summed E-state index contributed by atoms with van der Waals surface area (Å²) in [6.45, 7) is 1.90. The van der Waals surface area contributed by atoms with Crippen molar-refractivity contribution < 1.29 is 14.3 Å². The van der Waals surface area contributed by atoms with Crippen molar-refractivity contribution in [2.24, 2.45) is 7.05 Å². The smallest absolute Gasteiger partial charge is 0.343 e. The predicted octanol–water partition coefficient (Wildman–Crippen LogP) is -0.451. The van der Waals surface area contributed by atoms with E-state index in [1.54, 1.807) is 14.0 Å². The first-order valence-electron chi connectivity index (χ1n) is 5.71. The summed E-state index contributed by atoms with van der Waals surface area (Å²) in [6.07, 6.45) is 1.31. The highest BCUT2D eigenvalue weighted by Gasteiger charge is 2.22. The number of H-pyrrole nitrogens is 1. The number of nitrogens with zero attached hydrogens (tertiary/aromatic N) is 4. The van der Waals surface area contributed by atoms with Gasteiger partial charge in [-0.15, -0.1) is 10.2 Å². The van der Waals surface area contributed by atoms with Gasteiger partial charge in [-0.05, 0) is 6.92 Å². The van der Waals surface area contributed by atoms with Gasteiger partial charge in [0.2, 0.25) is 0 Å². The van der Waals surface area contributed by atoms with E-state index in [1.165, 1.54) is 10.9 Å². The first kappa shape index (κ1) is 13.5. The third-order valence-corrected chi connectivity index (χ3v) is 2.46. The lowest BCUT2D eigenvalue weighted by Gasteiger charge is -2.06. The molecule has 0 aliphatic heterocycles. The molecule has 10 heteroatoms. The minimum Gasteiger partial charge on any atom is -0.462 e. The summed E-state index contributed by atoms with van der Waals surface area (Å²) in [7, 11) is 1.57. The lowest BCUT2D eigenvalue weighted by molar-refractivity contribution is 0.0527. The molecule has 2 aromatic heterocycles. The van der Waals surface area contributed by atoms with Gasteiger partial charge < -0.3 is 15.8 Å². The molecule has 106 valence electrons. The SMILES string of the molecule is CCOC(=O)c1cnn(C)c1NC(=O)c1n[nH]nc1N. The molecule has 0 saturated heterocycles. The van der Waals surface area contributed by atoms with Crippen LogP contribution in [0.5, 0.6) is 0 Å². The zero-order valence-electron chi connectivity index (χ0n) is 10.9. The van der Waals surface area contributed by atoms with Crippen molar-refractivity contribution in [2.75, 3.05) is 17.7 Å². The fourth-order valence-electron chi connectivity index (χ4n) is 1.52. The van der Waals surface area contributed by atoms with E-state index in [0.717, 1.165) is 0 Å². The van der Waals surface area contributed by atoms with Crippen LogP contribution in [-0.2, 0) is 11.8 Å². The van der Waals surface area contributed by atoms with Gasteiger partial charge in [-0.3, -0.25) is 9.48 Å². The van der Waals surface area contributed by atoms with E-state index < -0.39 is 11.9 Å². The molecule has 2 heterocycles. The second-order valence-corrected chi connectivity index (χ2v) is 3.76. The molecule has 20 heavy (non-hydrogen) atoms. The molecule has 0 spiro atoms. The molecule has 4 N–H and O–H groups in total. The number of nitrogens with one attached hydrogen (secondary N) is 2. The Morgan fingerprint density at radius 1 is 1.50 bits per heavy atom. The van der Waals surface area contributed by atoms with Gasteiger partial charge in [0.05, 0.1) is 12.8 Å². The molecule has 2 aromatic rings. The number of aromatic amines is 1. The van der Waals surface area contributed by atoms with E-state index in [4.69, 9.17) is 10.5 Å². The van der Waals surface area contributed by atoms with Crippen LogP contribution in [0.1, 0.15) is 27.8 Å². The Morgan fingerprint density at radius 2 is 2.25 bits per heavy atom. The van der Waals surface area contributed by atoms with Crippen LogP contribution < -0.4 is 11.1 Å². The van der Waals surface area contributed by atoms with Gasteiger partial charge in [0.1, 0.15) is 11.4 Å². The number of rotatable bonds is 4. The van der Waals surface area contributed by atoms with Crippen LogP contribution in [0.2, 0.25) is 0 Å². The second kappa shape index (κ2) is 5.38. The quantitative estimate of drug-likeness (QED) is 0.643. The maximum atomic E-state index is 12.0. The molecule has 0 aromatic carbocycles. The second-order valence-electron chi connectivity index (χ2n) is 3.76.